The van der Waals surface area contributed by atoms with Gasteiger partial charge in [0.05, 0.1) is 0 Å². The summed E-state index contributed by atoms with van der Waals surface area (Å²) >= 11 is 1.94. The molecule has 0 saturated carbocycles. The van der Waals surface area contributed by atoms with Crippen LogP contribution in [0.1, 0.15) is 29.5 Å². The van der Waals surface area contributed by atoms with Gasteiger partial charge in [-0.2, -0.15) is 0 Å². The van der Waals surface area contributed by atoms with Crippen molar-refractivity contribution in [1.82, 2.24) is 0 Å². The van der Waals surface area contributed by atoms with Crippen molar-refractivity contribution >= 4 is 22.1 Å². The van der Waals surface area contributed by atoms with E-state index in [4.69, 9.17) is 0 Å². The van der Waals surface area contributed by atoms with E-state index in [1.165, 1.54) is 20.5 Å². The van der Waals surface area contributed by atoms with Crippen LogP contribution < -0.4 is 0 Å². The SMILES string of the molecule is Cc1sc(C(C)C)c2ccccc12. The van der Waals surface area contributed by atoms with Gasteiger partial charge in [-0.05, 0) is 23.6 Å². The van der Waals surface area contributed by atoms with Gasteiger partial charge in [0.1, 0.15) is 0 Å². The fraction of sp³-hybridized carbons (Fsp3) is 0.333. The van der Waals surface area contributed by atoms with Crippen LogP contribution >= 0.6 is 11.3 Å². The highest BCUT2D eigenvalue weighted by atomic mass is 32.1. The Morgan fingerprint density at radius 1 is 1.08 bits per heavy atom. The van der Waals surface area contributed by atoms with Crippen LogP contribution in [0.2, 0.25) is 0 Å². The van der Waals surface area contributed by atoms with Gasteiger partial charge < -0.3 is 0 Å². The molecule has 0 amide bonds. The summed E-state index contributed by atoms with van der Waals surface area (Å²) in [4.78, 5) is 2.97. The average molecular weight is 190 g/mol. The van der Waals surface area contributed by atoms with Gasteiger partial charge in [-0.25, -0.2) is 0 Å². The van der Waals surface area contributed by atoms with Crippen molar-refractivity contribution < 1.29 is 0 Å². The standard InChI is InChI=1S/C12H14S/c1-8(2)12-11-7-5-4-6-10(11)9(3)13-12/h4-8H,1-3H3. The molecule has 0 aliphatic heterocycles. The third kappa shape index (κ3) is 1.37. The summed E-state index contributed by atoms with van der Waals surface area (Å²) in [7, 11) is 0. The molecule has 1 heteroatoms. The molecule has 0 spiro atoms. The van der Waals surface area contributed by atoms with Gasteiger partial charge in [-0.3, -0.25) is 0 Å². The molecule has 1 aromatic heterocycles. The minimum atomic E-state index is 0.642. The summed E-state index contributed by atoms with van der Waals surface area (Å²) in [5, 5.41) is 2.87. The Morgan fingerprint density at radius 2 is 1.69 bits per heavy atom. The maximum Gasteiger partial charge on any atom is 0.0152 e. The lowest BCUT2D eigenvalue weighted by molar-refractivity contribution is 0.897. The predicted molar refractivity (Wildman–Crippen MR) is 60.7 cm³/mol. The molecule has 68 valence electrons. The van der Waals surface area contributed by atoms with Gasteiger partial charge >= 0.3 is 0 Å². The van der Waals surface area contributed by atoms with Crippen LogP contribution in [0.15, 0.2) is 24.3 Å². The summed E-state index contributed by atoms with van der Waals surface area (Å²) in [5.74, 6) is 0.642. The van der Waals surface area contributed by atoms with E-state index in [2.05, 4.69) is 45.0 Å². The predicted octanol–water partition coefficient (Wildman–Crippen LogP) is 4.33. The first-order valence-corrected chi connectivity index (χ1v) is 5.50. The molecule has 13 heavy (non-hydrogen) atoms. The quantitative estimate of drug-likeness (QED) is 0.627. The number of thiophene rings is 1. The number of fused-ring (bicyclic) bond motifs is 1. The van der Waals surface area contributed by atoms with E-state index in [1.54, 1.807) is 0 Å². The van der Waals surface area contributed by atoms with Gasteiger partial charge in [0, 0.05) is 9.75 Å². The van der Waals surface area contributed by atoms with Gasteiger partial charge in [0.2, 0.25) is 0 Å². The number of hydrogen-bond acceptors (Lipinski definition) is 1. The Morgan fingerprint density at radius 3 is 2.31 bits per heavy atom. The smallest absolute Gasteiger partial charge is 0.0152 e. The molecular formula is C12H14S. The number of rotatable bonds is 1. The molecule has 0 fully saturated rings. The molecule has 0 unspecified atom stereocenters. The minimum Gasteiger partial charge on any atom is -0.144 e. The summed E-state index contributed by atoms with van der Waals surface area (Å²) in [6.45, 7) is 6.73. The number of hydrogen-bond donors (Lipinski definition) is 0. The molecule has 0 N–H and O–H groups in total. The molecule has 2 aromatic rings. The van der Waals surface area contributed by atoms with Crippen LogP contribution in [0.5, 0.6) is 0 Å². The van der Waals surface area contributed by atoms with Crippen molar-refractivity contribution in [3.8, 4) is 0 Å². The highest BCUT2D eigenvalue weighted by Crippen LogP contribution is 2.35. The van der Waals surface area contributed by atoms with E-state index in [0.717, 1.165) is 0 Å². The monoisotopic (exact) mass is 190 g/mol. The van der Waals surface area contributed by atoms with Crippen molar-refractivity contribution in [3.63, 3.8) is 0 Å². The van der Waals surface area contributed by atoms with Crippen molar-refractivity contribution in [1.29, 1.82) is 0 Å². The highest BCUT2D eigenvalue weighted by Gasteiger charge is 2.09. The maximum absolute atomic E-state index is 2.26. The number of aryl methyl sites for hydroxylation is 1. The van der Waals surface area contributed by atoms with Gasteiger partial charge in [0.15, 0.2) is 0 Å². The van der Waals surface area contributed by atoms with Crippen molar-refractivity contribution in [3.05, 3.63) is 34.0 Å². The average Bonchev–Trinajstić information content (AvgIpc) is 2.45. The molecule has 1 heterocycles. The normalized spacial score (nSPS) is 11.4. The Bertz CT molecular complexity index is 424. The molecule has 0 saturated heterocycles. The zero-order valence-electron chi connectivity index (χ0n) is 8.29. The highest BCUT2D eigenvalue weighted by molar-refractivity contribution is 7.13. The lowest BCUT2D eigenvalue weighted by atomic mass is 10.1. The Hall–Kier alpha value is -0.820. The summed E-state index contributed by atoms with van der Waals surface area (Å²) in [6, 6.07) is 8.69. The first-order chi connectivity index (χ1) is 6.20. The Labute approximate surface area is 83.2 Å². The van der Waals surface area contributed by atoms with Crippen LogP contribution in [-0.4, -0.2) is 0 Å². The summed E-state index contributed by atoms with van der Waals surface area (Å²) in [5.41, 5.74) is 0. The third-order valence-electron chi connectivity index (χ3n) is 2.36. The summed E-state index contributed by atoms with van der Waals surface area (Å²) in [6.07, 6.45) is 0. The molecule has 0 radical (unpaired) electrons. The van der Waals surface area contributed by atoms with E-state index in [1.807, 2.05) is 11.3 Å². The van der Waals surface area contributed by atoms with Crippen LogP contribution in [0.25, 0.3) is 10.8 Å². The second-order valence-electron chi connectivity index (χ2n) is 3.72. The molecule has 2 rings (SSSR count). The minimum absolute atomic E-state index is 0.642. The van der Waals surface area contributed by atoms with E-state index in [9.17, 15) is 0 Å². The fourth-order valence-corrected chi connectivity index (χ4v) is 2.85. The van der Waals surface area contributed by atoms with Crippen molar-refractivity contribution in [2.24, 2.45) is 0 Å². The van der Waals surface area contributed by atoms with Gasteiger partial charge in [-0.1, -0.05) is 38.1 Å². The topological polar surface area (TPSA) is 0 Å². The summed E-state index contributed by atoms with van der Waals surface area (Å²) < 4.78 is 0. The molecule has 0 bridgehead atoms. The second kappa shape index (κ2) is 3.15. The first kappa shape index (κ1) is 8.76. The lowest BCUT2D eigenvalue weighted by Crippen LogP contribution is -1.80. The second-order valence-corrected chi connectivity index (χ2v) is 4.98. The number of benzene rings is 1. The van der Waals surface area contributed by atoms with E-state index >= 15 is 0 Å². The molecule has 0 nitrogen and oxygen atoms in total. The molecule has 0 aliphatic carbocycles. The van der Waals surface area contributed by atoms with Crippen molar-refractivity contribution in [2.75, 3.05) is 0 Å². The maximum atomic E-state index is 2.26. The Balaban J connectivity index is 2.78. The van der Waals surface area contributed by atoms with E-state index in [0.29, 0.717) is 5.92 Å². The van der Waals surface area contributed by atoms with E-state index < -0.39 is 0 Å². The zero-order chi connectivity index (χ0) is 9.42. The van der Waals surface area contributed by atoms with Crippen LogP contribution in [0, 0.1) is 6.92 Å². The van der Waals surface area contributed by atoms with Gasteiger partial charge in [0.25, 0.3) is 0 Å². The lowest BCUT2D eigenvalue weighted by Gasteiger charge is -2.00. The van der Waals surface area contributed by atoms with E-state index in [-0.39, 0.29) is 0 Å². The van der Waals surface area contributed by atoms with Gasteiger partial charge in [-0.15, -0.1) is 11.3 Å². The molecular weight excluding hydrogens is 176 g/mol. The van der Waals surface area contributed by atoms with Crippen LogP contribution in [-0.2, 0) is 0 Å². The first-order valence-electron chi connectivity index (χ1n) is 4.68. The largest absolute Gasteiger partial charge is 0.144 e. The molecule has 0 aliphatic rings. The molecule has 1 aromatic carbocycles. The molecule has 0 atom stereocenters. The van der Waals surface area contributed by atoms with Crippen LogP contribution in [0.4, 0.5) is 0 Å². The van der Waals surface area contributed by atoms with Crippen molar-refractivity contribution in [2.45, 2.75) is 26.7 Å². The third-order valence-corrected chi connectivity index (χ3v) is 3.80. The van der Waals surface area contributed by atoms with Crippen LogP contribution in [0.3, 0.4) is 0 Å². The zero-order valence-corrected chi connectivity index (χ0v) is 9.11. The Kier molecular flexibility index (Phi) is 2.12. The fourth-order valence-electron chi connectivity index (χ4n) is 1.71.